The molecule has 1 N–H and O–H groups in total. The molecule has 0 fully saturated rings. The Morgan fingerprint density at radius 3 is 2.23 bits per heavy atom. The van der Waals surface area contributed by atoms with E-state index in [0.717, 1.165) is 23.1 Å². The summed E-state index contributed by atoms with van der Waals surface area (Å²) in [4.78, 5) is 11.5. The number of rotatable bonds is 6. The lowest BCUT2D eigenvalue weighted by atomic mass is 10.0. The molecular weight excluding hydrogens is 276 g/mol. The predicted molar refractivity (Wildman–Crippen MR) is 87.5 cm³/mol. The predicted octanol–water partition coefficient (Wildman–Crippen LogP) is 3.94. The quantitative estimate of drug-likeness (QED) is 0.878. The molecule has 22 heavy (non-hydrogen) atoms. The number of carbonyl (C=O) groups is 1. The maximum absolute atomic E-state index is 11.5. The summed E-state index contributed by atoms with van der Waals surface area (Å²) >= 11 is 0. The lowest BCUT2D eigenvalue weighted by Crippen LogP contribution is -2.29. The molecule has 0 spiro atoms. The molecular formula is C19H22O3. The van der Waals surface area contributed by atoms with Crippen LogP contribution in [-0.2, 0) is 17.6 Å². The van der Waals surface area contributed by atoms with Crippen LogP contribution in [0.15, 0.2) is 42.5 Å². The first-order chi connectivity index (χ1) is 10.5. The highest BCUT2D eigenvalue weighted by Gasteiger charge is 2.20. The van der Waals surface area contributed by atoms with E-state index in [1.54, 1.807) is 0 Å². The zero-order valence-electron chi connectivity index (χ0n) is 13.3. The van der Waals surface area contributed by atoms with Crippen molar-refractivity contribution < 1.29 is 14.6 Å². The first-order valence-corrected chi connectivity index (χ1v) is 7.54. The third kappa shape index (κ3) is 4.10. The van der Waals surface area contributed by atoms with Crippen LogP contribution in [0.1, 0.15) is 29.2 Å². The molecule has 0 bridgehead atoms. The SMILES string of the molecule is CCc1ccc(C[C@@H](Oc2ccc(C)c(C)c2)C(=O)O)cc1. The molecule has 2 rings (SSSR count). The van der Waals surface area contributed by atoms with Crippen LogP contribution in [0, 0.1) is 13.8 Å². The summed E-state index contributed by atoms with van der Waals surface area (Å²) in [5.74, 6) is -0.349. The molecule has 0 radical (unpaired) electrons. The van der Waals surface area contributed by atoms with E-state index in [4.69, 9.17) is 4.74 Å². The molecule has 3 nitrogen and oxygen atoms in total. The summed E-state index contributed by atoms with van der Waals surface area (Å²) in [7, 11) is 0. The zero-order chi connectivity index (χ0) is 16.1. The van der Waals surface area contributed by atoms with Gasteiger partial charge in [0.1, 0.15) is 5.75 Å². The lowest BCUT2D eigenvalue weighted by molar-refractivity contribution is -0.145. The molecule has 0 saturated carbocycles. The summed E-state index contributed by atoms with van der Waals surface area (Å²) in [6.07, 6.45) is 0.447. The first kappa shape index (κ1) is 16.1. The first-order valence-electron chi connectivity index (χ1n) is 7.54. The molecule has 0 heterocycles. The van der Waals surface area contributed by atoms with Gasteiger partial charge in [0.15, 0.2) is 6.10 Å². The van der Waals surface area contributed by atoms with Crippen molar-refractivity contribution in [1.82, 2.24) is 0 Å². The van der Waals surface area contributed by atoms with Crippen molar-refractivity contribution in [2.45, 2.75) is 39.7 Å². The van der Waals surface area contributed by atoms with Crippen LogP contribution < -0.4 is 4.74 Å². The number of ether oxygens (including phenoxy) is 1. The van der Waals surface area contributed by atoms with Crippen molar-refractivity contribution in [2.75, 3.05) is 0 Å². The van der Waals surface area contributed by atoms with Gasteiger partial charge < -0.3 is 9.84 Å². The fraction of sp³-hybridized carbons (Fsp3) is 0.316. The highest BCUT2D eigenvalue weighted by atomic mass is 16.5. The molecule has 0 unspecified atom stereocenters. The average Bonchev–Trinajstić information content (AvgIpc) is 2.51. The number of carboxylic acid groups (broad SMARTS) is 1. The van der Waals surface area contributed by atoms with Gasteiger partial charge in [-0.2, -0.15) is 0 Å². The van der Waals surface area contributed by atoms with E-state index in [1.165, 1.54) is 5.56 Å². The fourth-order valence-electron chi connectivity index (χ4n) is 2.26. The lowest BCUT2D eigenvalue weighted by Gasteiger charge is -2.16. The Bertz CT molecular complexity index is 644. The molecule has 0 aliphatic carbocycles. The normalized spacial score (nSPS) is 12.0. The second-order valence-corrected chi connectivity index (χ2v) is 5.56. The molecule has 0 aliphatic rings. The van der Waals surface area contributed by atoms with Crippen molar-refractivity contribution >= 4 is 5.97 Å². The van der Waals surface area contributed by atoms with E-state index in [1.807, 2.05) is 56.3 Å². The van der Waals surface area contributed by atoms with E-state index in [9.17, 15) is 9.90 Å². The minimum absolute atomic E-state index is 0.353. The molecule has 1 atom stereocenters. The molecule has 2 aromatic rings. The number of aliphatic carboxylic acids is 1. The van der Waals surface area contributed by atoms with Crippen LogP contribution in [0.2, 0.25) is 0 Å². The van der Waals surface area contributed by atoms with Crippen molar-refractivity contribution in [3.8, 4) is 5.75 Å². The Balaban J connectivity index is 2.12. The van der Waals surface area contributed by atoms with Gasteiger partial charge in [0, 0.05) is 6.42 Å². The van der Waals surface area contributed by atoms with Crippen LogP contribution in [0.25, 0.3) is 0 Å². The van der Waals surface area contributed by atoms with Crippen LogP contribution in [0.4, 0.5) is 0 Å². The second kappa shape index (κ2) is 7.12. The third-order valence-corrected chi connectivity index (χ3v) is 3.88. The Morgan fingerprint density at radius 1 is 1.05 bits per heavy atom. The highest BCUT2D eigenvalue weighted by molar-refractivity contribution is 5.73. The molecule has 0 aromatic heterocycles. The minimum atomic E-state index is -0.946. The van der Waals surface area contributed by atoms with E-state index < -0.39 is 12.1 Å². The number of benzene rings is 2. The number of carboxylic acids is 1. The summed E-state index contributed by atoms with van der Waals surface area (Å²) in [5.41, 5.74) is 4.46. The van der Waals surface area contributed by atoms with Gasteiger partial charge in [-0.05, 0) is 54.7 Å². The van der Waals surface area contributed by atoms with Gasteiger partial charge in [-0.25, -0.2) is 4.79 Å². The molecule has 3 heteroatoms. The summed E-state index contributed by atoms with van der Waals surface area (Å²) in [6.45, 7) is 6.10. The smallest absolute Gasteiger partial charge is 0.345 e. The van der Waals surface area contributed by atoms with E-state index in [2.05, 4.69) is 6.92 Å². The van der Waals surface area contributed by atoms with Crippen molar-refractivity contribution in [3.05, 3.63) is 64.7 Å². The van der Waals surface area contributed by atoms with Crippen LogP contribution in [-0.4, -0.2) is 17.2 Å². The summed E-state index contributed by atoms with van der Waals surface area (Å²) in [5, 5.41) is 9.40. The van der Waals surface area contributed by atoms with E-state index in [0.29, 0.717) is 12.2 Å². The number of aryl methyl sites for hydroxylation is 3. The highest BCUT2D eigenvalue weighted by Crippen LogP contribution is 2.19. The van der Waals surface area contributed by atoms with Gasteiger partial charge in [0.25, 0.3) is 0 Å². The van der Waals surface area contributed by atoms with Crippen LogP contribution in [0.3, 0.4) is 0 Å². The van der Waals surface area contributed by atoms with Crippen molar-refractivity contribution in [1.29, 1.82) is 0 Å². The maximum Gasteiger partial charge on any atom is 0.345 e. The monoisotopic (exact) mass is 298 g/mol. The van der Waals surface area contributed by atoms with Gasteiger partial charge in [0.05, 0.1) is 0 Å². The molecule has 116 valence electrons. The number of hydrogen-bond acceptors (Lipinski definition) is 2. The maximum atomic E-state index is 11.5. The van der Waals surface area contributed by atoms with E-state index >= 15 is 0 Å². The number of hydrogen-bond donors (Lipinski definition) is 1. The fourth-order valence-corrected chi connectivity index (χ4v) is 2.26. The minimum Gasteiger partial charge on any atom is -0.478 e. The topological polar surface area (TPSA) is 46.5 Å². The Morgan fingerprint density at radius 2 is 1.68 bits per heavy atom. The molecule has 2 aromatic carbocycles. The van der Waals surface area contributed by atoms with Crippen LogP contribution in [0.5, 0.6) is 5.75 Å². The average molecular weight is 298 g/mol. The van der Waals surface area contributed by atoms with Crippen LogP contribution >= 0.6 is 0 Å². The Hall–Kier alpha value is -2.29. The van der Waals surface area contributed by atoms with Crippen molar-refractivity contribution in [3.63, 3.8) is 0 Å². The molecule has 0 amide bonds. The van der Waals surface area contributed by atoms with Gasteiger partial charge in [-0.15, -0.1) is 0 Å². The summed E-state index contributed by atoms with van der Waals surface area (Å²) in [6, 6.07) is 13.6. The van der Waals surface area contributed by atoms with Gasteiger partial charge in [-0.3, -0.25) is 0 Å². The Kier molecular flexibility index (Phi) is 5.21. The van der Waals surface area contributed by atoms with Crippen molar-refractivity contribution in [2.24, 2.45) is 0 Å². The summed E-state index contributed by atoms with van der Waals surface area (Å²) < 4.78 is 5.67. The Labute approximate surface area is 131 Å². The van der Waals surface area contributed by atoms with E-state index in [-0.39, 0.29) is 0 Å². The van der Waals surface area contributed by atoms with Gasteiger partial charge in [0.2, 0.25) is 0 Å². The second-order valence-electron chi connectivity index (χ2n) is 5.56. The third-order valence-electron chi connectivity index (χ3n) is 3.88. The molecule has 0 saturated heterocycles. The standard InChI is InChI=1S/C19H22O3/c1-4-15-6-8-16(9-7-15)12-18(19(20)21)22-17-10-5-13(2)14(3)11-17/h5-11,18H,4,12H2,1-3H3,(H,20,21)/t18-/m1/s1. The zero-order valence-corrected chi connectivity index (χ0v) is 13.3. The van der Waals surface area contributed by atoms with Gasteiger partial charge >= 0.3 is 5.97 Å². The van der Waals surface area contributed by atoms with Gasteiger partial charge in [-0.1, -0.05) is 37.3 Å². The largest absolute Gasteiger partial charge is 0.478 e. The molecule has 0 aliphatic heterocycles.